The van der Waals surface area contributed by atoms with Gasteiger partial charge in [-0.1, -0.05) is 11.8 Å². The number of carbonyl (C=O) groups is 1. The SMILES string of the molecule is N#Cc1cc(C#N)c(SCC(=O)NC[C@H]2CCCO2)nc1N. The maximum atomic E-state index is 11.8. The summed E-state index contributed by atoms with van der Waals surface area (Å²) in [6.45, 7) is 1.24. The summed E-state index contributed by atoms with van der Waals surface area (Å²) in [4.78, 5) is 15.8. The minimum absolute atomic E-state index is 0.0590. The molecule has 1 fully saturated rings. The van der Waals surface area contributed by atoms with E-state index in [1.54, 1.807) is 0 Å². The van der Waals surface area contributed by atoms with E-state index in [2.05, 4.69) is 10.3 Å². The van der Waals surface area contributed by atoms with Gasteiger partial charge < -0.3 is 15.8 Å². The molecule has 0 saturated carbocycles. The van der Waals surface area contributed by atoms with E-state index < -0.39 is 0 Å². The van der Waals surface area contributed by atoms with Crippen molar-refractivity contribution in [3.63, 3.8) is 0 Å². The van der Waals surface area contributed by atoms with Gasteiger partial charge in [-0.2, -0.15) is 10.5 Å². The third kappa shape index (κ3) is 4.10. The standard InChI is InChI=1S/C14H15N5O2S/c15-5-9-4-10(6-16)14(19-13(9)17)22-8-12(20)18-7-11-2-1-3-21-11/h4,11H,1-3,7-8H2,(H2,17,19)(H,18,20)/t11-/m1/s1. The summed E-state index contributed by atoms with van der Waals surface area (Å²) in [5, 5.41) is 21.1. The van der Waals surface area contributed by atoms with Gasteiger partial charge in [0.1, 0.15) is 23.0 Å². The van der Waals surface area contributed by atoms with Crippen LogP contribution in [0.25, 0.3) is 0 Å². The largest absolute Gasteiger partial charge is 0.383 e. The van der Waals surface area contributed by atoms with E-state index in [1.165, 1.54) is 6.07 Å². The number of nitriles is 2. The fourth-order valence-corrected chi connectivity index (χ4v) is 2.80. The maximum Gasteiger partial charge on any atom is 0.230 e. The minimum Gasteiger partial charge on any atom is -0.383 e. The van der Waals surface area contributed by atoms with Gasteiger partial charge in [-0.3, -0.25) is 4.79 Å². The van der Waals surface area contributed by atoms with Crippen molar-refractivity contribution in [1.82, 2.24) is 10.3 Å². The molecule has 1 aromatic rings. The van der Waals surface area contributed by atoms with Crippen LogP contribution < -0.4 is 11.1 Å². The van der Waals surface area contributed by atoms with Crippen molar-refractivity contribution >= 4 is 23.5 Å². The van der Waals surface area contributed by atoms with Gasteiger partial charge in [0.05, 0.1) is 23.0 Å². The highest BCUT2D eigenvalue weighted by Gasteiger charge is 2.17. The Morgan fingerprint density at radius 1 is 1.50 bits per heavy atom. The Kier molecular flexibility index (Phi) is 5.59. The molecule has 0 radical (unpaired) electrons. The highest BCUT2D eigenvalue weighted by atomic mass is 32.2. The molecular formula is C14H15N5O2S. The lowest BCUT2D eigenvalue weighted by Crippen LogP contribution is -2.32. The number of nitrogen functional groups attached to an aromatic ring is 1. The molecule has 2 rings (SSSR count). The lowest BCUT2D eigenvalue weighted by molar-refractivity contribution is -0.119. The Balaban J connectivity index is 1.90. The van der Waals surface area contributed by atoms with Crippen LogP contribution in [0.15, 0.2) is 11.1 Å². The topological polar surface area (TPSA) is 125 Å². The Bertz CT molecular complexity index is 644. The second-order valence-corrected chi connectivity index (χ2v) is 5.69. The van der Waals surface area contributed by atoms with E-state index in [4.69, 9.17) is 21.0 Å². The molecular weight excluding hydrogens is 302 g/mol. The molecule has 0 aliphatic carbocycles. The number of nitrogens with zero attached hydrogens (tertiary/aromatic N) is 3. The third-order valence-corrected chi connectivity index (χ3v) is 4.14. The van der Waals surface area contributed by atoms with Crippen LogP contribution in [0.5, 0.6) is 0 Å². The first-order valence-electron chi connectivity index (χ1n) is 6.76. The van der Waals surface area contributed by atoms with Crippen LogP contribution >= 0.6 is 11.8 Å². The number of amides is 1. The van der Waals surface area contributed by atoms with E-state index >= 15 is 0 Å². The number of nitrogens with two attached hydrogens (primary N) is 1. The summed E-state index contributed by atoms with van der Waals surface area (Å²) in [6, 6.07) is 5.21. The summed E-state index contributed by atoms with van der Waals surface area (Å²) >= 11 is 1.12. The van der Waals surface area contributed by atoms with Gasteiger partial charge >= 0.3 is 0 Å². The van der Waals surface area contributed by atoms with Gasteiger partial charge in [0.15, 0.2) is 0 Å². The summed E-state index contributed by atoms with van der Waals surface area (Å²) < 4.78 is 5.42. The van der Waals surface area contributed by atoms with Crippen molar-refractivity contribution in [2.75, 3.05) is 24.6 Å². The van der Waals surface area contributed by atoms with E-state index in [-0.39, 0.29) is 34.7 Å². The van der Waals surface area contributed by atoms with E-state index in [9.17, 15) is 4.79 Å². The zero-order valence-corrected chi connectivity index (χ0v) is 12.7. The normalized spacial score (nSPS) is 16.7. The average Bonchev–Trinajstić information content (AvgIpc) is 3.04. The van der Waals surface area contributed by atoms with Gasteiger partial charge in [0.2, 0.25) is 5.91 Å². The molecule has 1 aliphatic rings. The fourth-order valence-electron chi connectivity index (χ4n) is 2.01. The van der Waals surface area contributed by atoms with Gasteiger partial charge in [0, 0.05) is 13.2 Å². The molecule has 114 valence electrons. The number of rotatable bonds is 5. The number of carbonyl (C=O) groups excluding carboxylic acids is 1. The molecule has 22 heavy (non-hydrogen) atoms. The van der Waals surface area contributed by atoms with E-state index in [0.29, 0.717) is 11.6 Å². The number of anilines is 1. The number of pyridine rings is 1. The number of aromatic nitrogens is 1. The number of ether oxygens (including phenoxy) is 1. The van der Waals surface area contributed by atoms with Gasteiger partial charge in [-0.05, 0) is 18.9 Å². The van der Waals surface area contributed by atoms with Gasteiger partial charge in [-0.25, -0.2) is 4.98 Å². The second-order valence-electron chi connectivity index (χ2n) is 4.73. The molecule has 1 aromatic heterocycles. The summed E-state index contributed by atoms with van der Waals surface area (Å²) in [7, 11) is 0. The molecule has 3 N–H and O–H groups in total. The number of hydrogen-bond acceptors (Lipinski definition) is 7. The number of nitrogens with one attached hydrogen (secondary N) is 1. The predicted molar refractivity (Wildman–Crippen MR) is 80.8 cm³/mol. The van der Waals surface area contributed by atoms with Crippen LogP contribution in [0, 0.1) is 22.7 Å². The Morgan fingerprint density at radius 2 is 2.27 bits per heavy atom. The first kappa shape index (κ1) is 16.1. The van der Waals surface area contributed by atoms with Crippen LogP contribution in [0.4, 0.5) is 5.82 Å². The Morgan fingerprint density at radius 3 is 2.91 bits per heavy atom. The summed E-state index contributed by atoms with van der Waals surface area (Å²) in [5.41, 5.74) is 6.02. The van der Waals surface area contributed by atoms with Gasteiger partial charge in [-0.15, -0.1) is 0 Å². The van der Waals surface area contributed by atoms with E-state index in [1.807, 2.05) is 12.1 Å². The van der Waals surface area contributed by atoms with Crippen molar-refractivity contribution in [1.29, 1.82) is 10.5 Å². The smallest absolute Gasteiger partial charge is 0.230 e. The van der Waals surface area contributed by atoms with Crippen molar-refractivity contribution < 1.29 is 9.53 Å². The zero-order chi connectivity index (χ0) is 15.9. The molecule has 0 spiro atoms. The maximum absolute atomic E-state index is 11.8. The van der Waals surface area contributed by atoms with E-state index in [0.717, 1.165) is 31.2 Å². The van der Waals surface area contributed by atoms with Crippen molar-refractivity contribution in [2.45, 2.75) is 24.0 Å². The molecule has 1 aliphatic heterocycles. The molecule has 1 amide bonds. The molecule has 7 nitrogen and oxygen atoms in total. The zero-order valence-electron chi connectivity index (χ0n) is 11.8. The molecule has 0 aromatic carbocycles. The fraction of sp³-hybridized carbons (Fsp3) is 0.429. The van der Waals surface area contributed by atoms with Crippen LogP contribution in [0.3, 0.4) is 0 Å². The van der Waals surface area contributed by atoms with Crippen LogP contribution in [0.2, 0.25) is 0 Å². The highest BCUT2D eigenvalue weighted by Crippen LogP contribution is 2.23. The summed E-state index contributed by atoms with van der Waals surface area (Å²) in [6.07, 6.45) is 2.07. The minimum atomic E-state index is -0.158. The summed E-state index contributed by atoms with van der Waals surface area (Å²) in [5.74, 6) is 0.0256. The van der Waals surface area contributed by atoms with Crippen LogP contribution in [0.1, 0.15) is 24.0 Å². The Hall–Kier alpha value is -2.29. The van der Waals surface area contributed by atoms with Gasteiger partial charge in [0.25, 0.3) is 0 Å². The molecule has 1 atom stereocenters. The molecule has 1 saturated heterocycles. The van der Waals surface area contributed by atoms with Crippen molar-refractivity contribution in [2.24, 2.45) is 0 Å². The monoisotopic (exact) mass is 317 g/mol. The first-order valence-corrected chi connectivity index (χ1v) is 7.74. The quantitative estimate of drug-likeness (QED) is 0.769. The van der Waals surface area contributed by atoms with Crippen molar-refractivity contribution in [3.05, 3.63) is 17.2 Å². The molecule has 8 heteroatoms. The third-order valence-electron chi connectivity index (χ3n) is 3.15. The van der Waals surface area contributed by atoms with Crippen molar-refractivity contribution in [3.8, 4) is 12.1 Å². The average molecular weight is 317 g/mol. The second kappa shape index (κ2) is 7.64. The molecule has 2 heterocycles. The lowest BCUT2D eigenvalue weighted by Gasteiger charge is -2.10. The van der Waals surface area contributed by atoms with Crippen LogP contribution in [-0.2, 0) is 9.53 Å². The highest BCUT2D eigenvalue weighted by molar-refractivity contribution is 8.00. The molecule has 0 bridgehead atoms. The first-order chi connectivity index (χ1) is 10.6. The van der Waals surface area contributed by atoms with Crippen LogP contribution in [-0.4, -0.2) is 35.9 Å². The lowest BCUT2D eigenvalue weighted by atomic mass is 10.2. The predicted octanol–water partition coefficient (Wildman–Crippen LogP) is 0.794. The number of hydrogen-bond donors (Lipinski definition) is 2. The number of thioether (sulfide) groups is 1. The molecule has 0 unspecified atom stereocenters. The Labute approximate surface area is 132 Å².